The van der Waals surface area contributed by atoms with Crippen molar-refractivity contribution < 1.29 is 57.8 Å². The number of rotatable bonds is 21. The number of aliphatic hydroxyl groups is 2. The summed E-state index contributed by atoms with van der Waals surface area (Å²) in [6.45, 7) is -0.725. The van der Waals surface area contributed by atoms with Crippen molar-refractivity contribution in [3.05, 3.63) is 119 Å². The molecular weight excluding hydrogens is 724 g/mol. The van der Waals surface area contributed by atoms with Crippen molar-refractivity contribution >= 4 is 23.8 Å². The van der Waals surface area contributed by atoms with E-state index in [0.29, 0.717) is 48.7 Å². The number of carbonyl (C=O) groups is 4. The normalized spacial score (nSPS) is 12.9. The van der Waals surface area contributed by atoms with Gasteiger partial charge in [-0.3, -0.25) is 9.59 Å². The smallest absolute Gasteiger partial charge is 0.407 e. The second kappa shape index (κ2) is 20.5. The van der Waals surface area contributed by atoms with Crippen LogP contribution >= 0.6 is 0 Å². The molecule has 0 radical (unpaired) electrons. The van der Waals surface area contributed by atoms with Crippen LogP contribution in [0.2, 0.25) is 0 Å². The van der Waals surface area contributed by atoms with Crippen LogP contribution in [0.4, 0.5) is 9.59 Å². The molecular formula is C42H48N2O12. The standard InChI is InChI=1S/C42H48N2O12/c1-51-33-17-9-29(10-18-33)37(45)41(49,31-13-21-35(53-3)22-14-31)27-55-39(47)43-25-7-5-6-8-26-44-40(48)56-28-42(50,32-15-23-36(54-4)24-16-32)38(46)30-11-19-34(52-2)20-12-30/h9-24,49-50H,5-8,25-28H2,1-4H3,(H,43,47)(H,44,48). The first kappa shape index (κ1) is 42.6. The van der Waals surface area contributed by atoms with E-state index in [4.69, 9.17) is 28.4 Å². The van der Waals surface area contributed by atoms with Crippen molar-refractivity contribution in [1.82, 2.24) is 10.6 Å². The molecule has 0 spiro atoms. The van der Waals surface area contributed by atoms with Gasteiger partial charge in [-0.05, 0) is 96.8 Å². The van der Waals surface area contributed by atoms with Crippen LogP contribution < -0.4 is 29.6 Å². The van der Waals surface area contributed by atoms with Crippen LogP contribution in [0.25, 0.3) is 0 Å². The minimum Gasteiger partial charge on any atom is -0.497 e. The highest BCUT2D eigenvalue weighted by Gasteiger charge is 2.41. The lowest BCUT2D eigenvalue weighted by atomic mass is 9.86. The zero-order valence-corrected chi connectivity index (χ0v) is 31.9. The van der Waals surface area contributed by atoms with Crippen LogP contribution in [-0.2, 0) is 20.7 Å². The third-order valence-electron chi connectivity index (χ3n) is 9.06. The Balaban J connectivity index is 1.20. The molecule has 4 aromatic carbocycles. The fourth-order valence-electron chi connectivity index (χ4n) is 5.68. The Morgan fingerprint density at radius 2 is 0.750 bits per heavy atom. The number of methoxy groups -OCH3 is 4. The second-order valence-corrected chi connectivity index (χ2v) is 12.7. The van der Waals surface area contributed by atoms with Crippen molar-refractivity contribution in [2.24, 2.45) is 0 Å². The van der Waals surface area contributed by atoms with Gasteiger partial charge in [-0.25, -0.2) is 9.59 Å². The Morgan fingerprint density at radius 3 is 1.04 bits per heavy atom. The first-order valence-electron chi connectivity index (χ1n) is 17.9. The van der Waals surface area contributed by atoms with Gasteiger partial charge in [0.1, 0.15) is 36.2 Å². The maximum atomic E-state index is 13.5. The average Bonchev–Trinajstić information content (AvgIpc) is 3.25. The number of hydrogen-bond donors (Lipinski definition) is 4. The summed E-state index contributed by atoms with van der Waals surface area (Å²) in [5.41, 5.74) is -3.50. The molecule has 0 saturated heterocycles. The molecule has 2 amide bonds. The maximum Gasteiger partial charge on any atom is 0.407 e. The predicted molar refractivity (Wildman–Crippen MR) is 206 cm³/mol. The van der Waals surface area contributed by atoms with E-state index in [9.17, 15) is 29.4 Å². The Labute approximate surface area is 325 Å². The maximum absolute atomic E-state index is 13.5. The molecule has 0 aromatic heterocycles. The Kier molecular flexibility index (Phi) is 15.6. The van der Waals surface area contributed by atoms with Crippen molar-refractivity contribution in [1.29, 1.82) is 0 Å². The van der Waals surface area contributed by atoms with Gasteiger partial charge in [0, 0.05) is 24.2 Å². The van der Waals surface area contributed by atoms with Crippen LogP contribution in [0.5, 0.6) is 23.0 Å². The number of carbonyl (C=O) groups excluding carboxylic acids is 4. The molecule has 14 heteroatoms. The molecule has 4 N–H and O–H groups in total. The highest BCUT2D eigenvalue weighted by atomic mass is 16.6. The Hall–Kier alpha value is -6.12. The monoisotopic (exact) mass is 772 g/mol. The molecule has 0 aliphatic heterocycles. The van der Waals surface area contributed by atoms with E-state index in [1.54, 1.807) is 48.5 Å². The molecule has 4 aromatic rings. The molecule has 2 unspecified atom stereocenters. The number of amides is 2. The van der Waals surface area contributed by atoms with Gasteiger partial charge in [0.15, 0.2) is 11.2 Å². The highest BCUT2D eigenvalue weighted by Crippen LogP contribution is 2.31. The lowest BCUT2D eigenvalue weighted by molar-refractivity contribution is -0.0105. The van der Waals surface area contributed by atoms with E-state index in [1.807, 2.05) is 0 Å². The summed E-state index contributed by atoms with van der Waals surface area (Å²) < 4.78 is 31.3. The number of unbranched alkanes of at least 4 members (excludes halogenated alkanes) is 3. The van der Waals surface area contributed by atoms with Crippen LogP contribution in [-0.4, -0.2) is 88.7 Å². The molecule has 14 nitrogen and oxygen atoms in total. The minimum atomic E-state index is -2.17. The second-order valence-electron chi connectivity index (χ2n) is 12.7. The molecule has 0 saturated carbocycles. The fourth-order valence-corrected chi connectivity index (χ4v) is 5.68. The number of ether oxygens (including phenoxy) is 6. The van der Waals surface area contributed by atoms with Crippen molar-refractivity contribution in [3.63, 3.8) is 0 Å². The summed E-state index contributed by atoms with van der Waals surface area (Å²) in [6.07, 6.45) is 0.991. The van der Waals surface area contributed by atoms with Crippen LogP contribution in [0.15, 0.2) is 97.1 Å². The summed E-state index contributed by atoms with van der Waals surface area (Å²) in [4.78, 5) is 52.2. The molecule has 56 heavy (non-hydrogen) atoms. The van der Waals surface area contributed by atoms with Gasteiger partial charge in [-0.15, -0.1) is 0 Å². The summed E-state index contributed by atoms with van der Waals surface area (Å²) in [5, 5.41) is 28.5. The zero-order valence-electron chi connectivity index (χ0n) is 31.9. The van der Waals surface area contributed by atoms with Gasteiger partial charge in [0.2, 0.25) is 11.6 Å². The van der Waals surface area contributed by atoms with Crippen LogP contribution in [0, 0.1) is 0 Å². The Bertz CT molecular complexity index is 1740. The van der Waals surface area contributed by atoms with Gasteiger partial charge in [-0.2, -0.15) is 0 Å². The number of alkyl carbamates (subject to hydrolysis) is 2. The molecule has 2 atom stereocenters. The van der Waals surface area contributed by atoms with E-state index in [1.165, 1.54) is 77.0 Å². The van der Waals surface area contributed by atoms with E-state index in [-0.39, 0.29) is 35.3 Å². The minimum absolute atomic E-state index is 0.200. The quantitative estimate of drug-likeness (QED) is 0.0610. The van der Waals surface area contributed by atoms with Crippen molar-refractivity contribution in [2.75, 3.05) is 54.7 Å². The van der Waals surface area contributed by atoms with Crippen LogP contribution in [0.1, 0.15) is 57.5 Å². The van der Waals surface area contributed by atoms with Crippen LogP contribution in [0.3, 0.4) is 0 Å². The number of hydrogen-bond acceptors (Lipinski definition) is 12. The van der Waals surface area contributed by atoms with Gasteiger partial charge in [0.25, 0.3) is 0 Å². The molecule has 0 fully saturated rings. The largest absolute Gasteiger partial charge is 0.497 e. The summed E-state index contributed by atoms with van der Waals surface area (Å²) in [7, 11) is 5.99. The van der Waals surface area contributed by atoms with E-state index in [2.05, 4.69) is 10.6 Å². The summed E-state index contributed by atoms with van der Waals surface area (Å²) in [6, 6.07) is 25.0. The Morgan fingerprint density at radius 1 is 0.464 bits per heavy atom. The van der Waals surface area contributed by atoms with Gasteiger partial charge < -0.3 is 49.3 Å². The molecule has 0 aliphatic rings. The van der Waals surface area contributed by atoms with Gasteiger partial charge in [0.05, 0.1) is 28.4 Å². The third kappa shape index (κ3) is 11.2. The number of ketones is 2. The number of nitrogens with one attached hydrogen (secondary N) is 2. The highest BCUT2D eigenvalue weighted by molar-refractivity contribution is 6.04. The van der Waals surface area contributed by atoms with Gasteiger partial charge >= 0.3 is 12.2 Å². The predicted octanol–water partition coefficient (Wildman–Crippen LogP) is 5.58. The first-order valence-corrected chi connectivity index (χ1v) is 17.9. The molecule has 0 heterocycles. The summed E-state index contributed by atoms with van der Waals surface area (Å²) in [5.74, 6) is 0.798. The molecule has 0 bridgehead atoms. The number of benzene rings is 4. The topological polar surface area (TPSA) is 188 Å². The van der Waals surface area contributed by atoms with E-state index >= 15 is 0 Å². The lowest BCUT2D eigenvalue weighted by Gasteiger charge is -2.27. The molecule has 298 valence electrons. The third-order valence-corrected chi connectivity index (χ3v) is 9.06. The average molecular weight is 773 g/mol. The lowest BCUT2D eigenvalue weighted by Crippen LogP contribution is -2.42. The zero-order chi connectivity index (χ0) is 40.6. The molecule has 0 aliphatic carbocycles. The van der Waals surface area contributed by atoms with Gasteiger partial charge in [-0.1, -0.05) is 37.1 Å². The SMILES string of the molecule is COc1ccc(C(=O)C(O)(COC(=O)NCCCCCCNC(=O)OCC(O)(C(=O)c2ccc(OC)cc2)c2ccc(OC)cc2)c2ccc(OC)cc2)cc1. The fraction of sp³-hybridized carbons (Fsp3) is 0.333. The first-order chi connectivity index (χ1) is 27.0. The molecule has 4 rings (SSSR count). The van der Waals surface area contributed by atoms with Crippen molar-refractivity contribution in [2.45, 2.75) is 36.9 Å². The number of Topliss-reactive ketones (excluding diaryl/α,β-unsaturated/α-hetero) is 2. The van der Waals surface area contributed by atoms with E-state index in [0.717, 1.165) is 0 Å². The summed E-state index contributed by atoms with van der Waals surface area (Å²) >= 11 is 0. The van der Waals surface area contributed by atoms with Crippen molar-refractivity contribution in [3.8, 4) is 23.0 Å². The van der Waals surface area contributed by atoms with E-state index < -0.39 is 48.2 Å².